The molecule has 0 radical (unpaired) electrons. The number of amides is 1. The molecule has 1 heterocycles. The van der Waals surface area contributed by atoms with Gasteiger partial charge in [-0.05, 0) is 48.5 Å². The number of hydrogen-bond acceptors (Lipinski definition) is 6. The Labute approximate surface area is 167 Å². The summed E-state index contributed by atoms with van der Waals surface area (Å²) in [4.78, 5) is 24.6. The van der Waals surface area contributed by atoms with E-state index in [-0.39, 0.29) is 18.0 Å². The van der Waals surface area contributed by atoms with E-state index in [1.807, 2.05) is 6.07 Å². The van der Waals surface area contributed by atoms with Gasteiger partial charge in [-0.2, -0.15) is 5.10 Å². The number of nitrogens with zero attached hydrogens (tertiary/aromatic N) is 1. The maximum Gasteiger partial charge on any atom is 0.269 e. The van der Waals surface area contributed by atoms with Crippen LogP contribution in [-0.2, 0) is 0 Å². The minimum atomic E-state index is -0.425. The first-order valence-corrected chi connectivity index (χ1v) is 8.79. The number of carbonyl (C=O) groups excluding carboxylic acids is 2. The van der Waals surface area contributed by atoms with Gasteiger partial charge >= 0.3 is 0 Å². The van der Waals surface area contributed by atoms with Crippen LogP contribution >= 0.6 is 0 Å². The lowest BCUT2D eigenvalue weighted by Gasteiger charge is -2.08. The molecule has 0 spiro atoms. The van der Waals surface area contributed by atoms with E-state index in [1.54, 1.807) is 63.8 Å². The van der Waals surface area contributed by atoms with Gasteiger partial charge in [0.15, 0.2) is 17.3 Å². The molecule has 1 amide bonds. The third kappa shape index (κ3) is 4.55. The van der Waals surface area contributed by atoms with E-state index in [1.165, 1.54) is 0 Å². The second-order valence-electron chi connectivity index (χ2n) is 6.07. The summed E-state index contributed by atoms with van der Waals surface area (Å²) < 4.78 is 15.6. The number of ketones is 1. The first kappa shape index (κ1) is 19.9. The summed E-state index contributed by atoms with van der Waals surface area (Å²) in [6.07, 6.45) is 0. The van der Waals surface area contributed by atoms with Crippen molar-refractivity contribution in [1.29, 1.82) is 0 Å². The molecule has 8 nitrogen and oxygen atoms in total. The topological polar surface area (TPSA) is 103 Å². The van der Waals surface area contributed by atoms with Crippen molar-refractivity contribution in [3.8, 4) is 28.5 Å². The van der Waals surface area contributed by atoms with Crippen LogP contribution in [-0.4, -0.2) is 49.8 Å². The molecule has 150 valence electrons. The summed E-state index contributed by atoms with van der Waals surface area (Å²) in [7, 11) is 4.66. The number of benzene rings is 2. The van der Waals surface area contributed by atoms with Crippen LogP contribution in [0.4, 0.5) is 0 Å². The largest absolute Gasteiger partial charge is 0.497 e. The van der Waals surface area contributed by atoms with Gasteiger partial charge in [0, 0.05) is 11.1 Å². The second kappa shape index (κ2) is 8.92. The lowest BCUT2D eigenvalue weighted by atomic mass is 10.1. The summed E-state index contributed by atoms with van der Waals surface area (Å²) >= 11 is 0. The van der Waals surface area contributed by atoms with E-state index in [2.05, 4.69) is 15.5 Å². The van der Waals surface area contributed by atoms with Gasteiger partial charge < -0.3 is 19.5 Å². The Bertz CT molecular complexity index is 1010. The Hall–Kier alpha value is -3.81. The van der Waals surface area contributed by atoms with E-state index in [0.717, 1.165) is 5.56 Å². The summed E-state index contributed by atoms with van der Waals surface area (Å²) in [6.45, 7) is -0.129. The van der Waals surface area contributed by atoms with E-state index in [0.29, 0.717) is 28.5 Å². The van der Waals surface area contributed by atoms with E-state index >= 15 is 0 Å². The van der Waals surface area contributed by atoms with Gasteiger partial charge in [0.1, 0.15) is 11.4 Å². The van der Waals surface area contributed by atoms with Gasteiger partial charge in [-0.25, -0.2) is 0 Å². The lowest BCUT2D eigenvalue weighted by Crippen LogP contribution is -2.29. The number of nitrogens with one attached hydrogen (secondary N) is 2. The summed E-state index contributed by atoms with van der Waals surface area (Å²) in [5.74, 6) is 1.18. The van der Waals surface area contributed by atoms with Crippen LogP contribution in [0.1, 0.15) is 20.8 Å². The zero-order chi connectivity index (χ0) is 20.8. The molecule has 29 heavy (non-hydrogen) atoms. The van der Waals surface area contributed by atoms with Gasteiger partial charge in [0.2, 0.25) is 0 Å². The van der Waals surface area contributed by atoms with Crippen molar-refractivity contribution < 1.29 is 23.8 Å². The minimum Gasteiger partial charge on any atom is -0.497 e. The predicted octanol–water partition coefficient (Wildman–Crippen LogP) is 2.72. The van der Waals surface area contributed by atoms with E-state index < -0.39 is 5.91 Å². The summed E-state index contributed by atoms with van der Waals surface area (Å²) in [5.41, 5.74) is 2.06. The quantitative estimate of drug-likeness (QED) is 0.569. The number of carbonyl (C=O) groups is 2. The first-order valence-electron chi connectivity index (χ1n) is 8.79. The second-order valence-corrected chi connectivity index (χ2v) is 6.07. The number of hydrogen-bond donors (Lipinski definition) is 2. The fraction of sp³-hybridized carbons (Fsp3) is 0.190. The number of H-pyrrole nitrogens is 1. The fourth-order valence-corrected chi connectivity index (χ4v) is 2.72. The molecule has 3 aromatic rings. The van der Waals surface area contributed by atoms with Crippen LogP contribution in [0.3, 0.4) is 0 Å². The SMILES string of the molecule is COc1ccc(C(=O)CNC(=O)c2cc(-c3ccc(OC)c(OC)c3)n[nH]2)cc1. The molecule has 2 aromatic carbocycles. The number of aromatic nitrogens is 2. The van der Waals surface area contributed by atoms with Crippen molar-refractivity contribution >= 4 is 11.7 Å². The highest BCUT2D eigenvalue weighted by Gasteiger charge is 2.14. The summed E-state index contributed by atoms with van der Waals surface area (Å²) in [6, 6.07) is 13.6. The third-order valence-electron chi connectivity index (χ3n) is 4.32. The van der Waals surface area contributed by atoms with Crippen LogP contribution in [0.5, 0.6) is 17.2 Å². The van der Waals surface area contributed by atoms with Crippen molar-refractivity contribution in [2.75, 3.05) is 27.9 Å². The molecular weight excluding hydrogens is 374 g/mol. The normalized spacial score (nSPS) is 10.3. The van der Waals surface area contributed by atoms with Crippen LogP contribution in [0.2, 0.25) is 0 Å². The maximum absolute atomic E-state index is 12.3. The van der Waals surface area contributed by atoms with E-state index in [9.17, 15) is 9.59 Å². The van der Waals surface area contributed by atoms with Crippen LogP contribution in [0, 0.1) is 0 Å². The Kier molecular flexibility index (Phi) is 6.13. The molecular formula is C21H21N3O5. The number of methoxy groups -OCH3 is 3. The number of rotatable bonds is 8. The average Bonchev–Trinajstić information content (AvgIpc) is 3.27. The summed E-state index contributed by atoms with van der Waals surface area (Å²) in [5, 5.41) is 9.44. The molecule has 8 heteroatoms. The smallest absolute Gasteiger partial charge is 0.269 e. The molecule has 0 atom stereocenters. The highest BCUT2D eigenvalue weighted by molar-refractivity contribution is 6.01. The molecule has 0 aliphatic rings. The highest BCUT2D eigenvalue weighted by Crippen LogP contribution is 2.31. The number of Topliss-reactive ketones (excluding diaryl/α,β-unsaturated/α-hetero) is 1. The molecule has 2 N–H and O–H groups in total. The van der Waals surface area contributed by atoms with Crippen LogP contribution in [0.25, 0.3) is 11.3 Å². The molecule has 0 saturated carbocycles. The minimum absolute atomic E-state index is 0.129. The number of aromatic amines is 1. The maximum atomic E-state index is 12.3. The van der Waals surface area contributed by atoms with Crippen molar-refractivity contribution in [2.45, 2.75) is 0 Å². The Morgan fingerprint density at radius 2 is 1.66 bits per heavy atom. The number of ether oxygens (including phenoxy) is 3. The molecule has 0 aliphatic carbocycles. The van der Waals surface area contributed by atoms with Gasteiger partial charge in [-0.3, -0.25) is 14.7 Å². The Morgan fingerprint density at radius 3 is 2.31 bits per heavy atom. The van der Waals surface area contributed by atoms with Crippen molar-refractivity contribution in [2.24, 2.45) is 0 Å². The molecule has 0 saturated heterocycles. The van der Waals surface area contributed by atoms with Gasteiger partial charge in [0.05, 0.1) is 33.6 Å². The molecule has 0 aliphatic heterocycles. The first-order chi connectivity index (χ1) is 14.0. The average molecular weight is 395 g/mol. The molecule has 0 unspecified atom stereocenters. The standard InChI is InChI=1S/C21H21N3O5/c1-27-15-7-4-13(5-8-15)18(25)12-22-21(26)17-11-16(23-24-17)14-6-9-19(28-2)20(10-14)29-3/h4-11H,12H2,1-3H3,(H,22,26)(H,23,24). The molecule has 3 rings (SSSR count). The highest BCUT2D eigenvalue weighted by atomic mass is 16.5. The van der Waals surface area contributed by atoms with Gasteiger partial charge in [-0.1, -0.05) is 0 Å². The van der Waals surface area contributed by atoms with Crippen molar-refractivity contribution in [1.82, 2.24) is 15.5 Å². The van der Waals surface area contributed by atoms with Crippen LogP contribution in [0.15, 0.2) is 48.5 Å². The third-order valence-corrected chi connectivity index (χ3v) is 4.32. The van der Waals surface area contributed by atoms with Crippen molar-refractivity contribution in [3.05, 3.63) is 59.8 Å². The fourth-order valence-electron chi connectivity index (χ4n) is 2.72. The molecule has 0 bridgehead atoms. The van der Waals surface area contributed by atoms with E-state index in [4.69, 9.17) is 14.2 Å². The monoisotopic (exact) mass is 395 g/mol. The Morgan fingerprint density at radius 1 is 0.931 bits per heavy atom. The molecule has 1 aromatic heterocycles. The van der Waals surface area contributed by atoms with Gasteiger partial charge in [-0.15, -0.1) is 0 Å². The zero-order valence-corrected chi connectivity index (χ0v) is 16.3. The lowest BCUT2D eigenvalue weighted by molar-refractivity contribution is 0.0901. The van der Waals surface area contributed by atoms with Crippen LogP contribution < -0.4 is 19.5 Å². The Balaban J connectivity index is 1.65. The van der Waals surface area contributed by atoms with Crippen molar-refractivity contribution in [3.63, 3.8) is 0 Å². The van der Waals surface area contributed by atoms with Gasteiger partial charge in [0.25, 0.3) is 5.91 Å². The predicted molar refractivity (Wildman–Crippen MR) is 107 cm³/mol. The molecule has 0 fully saturated rings. The zero-order valence-electron chi connectivity index (χ0n) is 16.3.